The summed E-state index contributed by atoms with van der Waals surface area (Å²) in [6, 6.07) is 0.540. The van der Waals surface area contributed by atoms with E-state index < -0.39 is 0 Å². The fourth-order valence-electron chi connectivity index (χ4n) is 2.03. The first-order valence-corrected chi connectivity index (χ1v) is 6.29. The second kappa shape index (κ2) is 5.43. The van der Waals surface area contributed by atoms with Gasteiger partial charge in [-0.25, -0.2) is 0 Å². The summed E-state index contributed by atoms with van der Waals surface area (Å²) in [6.07, 6.45) is 5.43. The number of aromatic nitrogens is 2. The summed E-state index contributed by atoms with van der Waals surface area (Å²) in [5.41, 5.74) is 0. The molecule has 1 unspecified atom stereocenters. The van der Waals surface area contributed by atoms with E-state index in [0.717, 1.165) is 37.5 Å². The fourth-order valence-corrected chi connectivity index (χ4v) is 2.03. The van der Waals surface area contributed by atoms with Crippen LogP contribution in [0.25, 0.3) is 0 Å². The maximum absolute atomic E-state index is 5.26. The van der Waals surface area contributed by atoms with Crippen molar-refractivity contribution in [1.82, 2.24) is 15.5 Å². The van der Waals surface area contributed by atoms with Crippen LogP contribution in [0.4, 0.5) is 0 Å². The lowest BCUT2D eigenvalue weighted by Crippen LogP contribution is -2.23. The Hall–Kier alpha value is -0.900. The van der Waals surface area contributed by atoms with Gasteiger partial charge in [0.15, 0.2) is 5.82 Å². The van der Waals surface area contributed by atoms with Crippen LogP contribution in [0.2, 0.25) is 0 Å². The molecule has 0 amide bonds. The summed E-state index contributed by atoms with van der Waals surface area (Å²) < 4.78 is 5.26. The topological polar surface area (TPSA) is 51.0 Å². The first-order valence-electron chi connectivity index (χ1n) is 6.29. The number of rotatable bonds is 5. The lowest BCUT2D eigenvalue weighted by atomic mass is 10.1. The van der Waals surface area contributed by atoms with Crippen LogP contribution in [0.15, 0.2) is 4.52 Å². The van der Waals surface area contributed by atoms with Crippen LogP contribution in [-0.4, -0.2) is 22.7 Å². The molecule has 0 aromatic carbocycles. The van der Waals surface area contributed by atoms with Crippen molar-refractivity contribution < 1.29 is 4.52 Å². The van der Waals surface area contributed by atoms with Gasteiger partial charge in [-0.05, 0) is 31.7 Å². The standard InChI is InChI=1S/C12H21N3O/c1-9(2)5-6-11-14-12(16-15-11)8-10-4-3-7-13-10/h9-10,13H,3-8H2,1-2H3. The minimum absolute atomic E-state index is 0.540. The molecule has 1 aromatic heterocycles. The average Bonchev–Trinajstić information content (AvgIpc) is 2.87. The van der Waals surface area contributed by atoms with Gasteiger partial charge in [0, 0.05) is 18.9 Å². The molecule has 1 aliphatic rings. The molecule has 1 saturated heterocycles. The largest absolute Gasteiger partial charge is 0.339 e. The smallest absolute Gasteiger partial charge is 0.228 e. The predicted octanol–water partition coefficient (Wildman–Crippen LogP) is 1.95. The molecule has 1 N–H and O–H groups in total. The third kappa shape index (κ3) is 3.30. The molecule has 0 bridgehead atoms. The molecule has 1 aromatic rings. The van der Waals surface area contributed by atoms with Crippen LogP contribution < -0.4 is 5.32 Å². The molecule has 16 heavy (non-hydrogen) atoms. The third-order valence-electron chi connectivity index (χ3n) is 3.04. The second-order valence-corrected chi connectivity index (χ2v) is 5.03. The maximum Gasteiger partial charge on any atom is 0.228 e. The summed E-state index contributed by atoms with van der Waals surface area (Å²) in [6.45, 7) is 5.55. The van der Waals surface area contributed by atoms with E-state index in [9.17, 15) is 0 Å². The highest BCUT2D eigenvalue weighted by atomic mass is 16.5. The molecule has 90 valence electrons. The van der Waals surface area contributed by atoms with Crippen LogP contribution in [0, 0.1) is 5.92 Å². The Bertz CT molecular complexity index is 316. The third-order valence-corrected chi connectivity index (χ3v) is 3.04. The van der Waals surface area contributed by atoms with E-state index in [2.05, 4.69) is 29.3 Å². The van der Waals surface area contributed by atoms with Gasteiger partial charge in [0.1, 0.15) is 0 Å². The fraction of sp³-hybridized carbons (Fsp3) is 0.833. The lowest BCUT2D eigenvalue weighted by molar-refractivity contribution is 0.358. The number of nitrogens with zero attached hydrogens (tertiary/aromatic N) is 2. The number of aryl methyl sites for hydroxylation is 1. The summed E-state index contributed by atoms with van der Waals surface area (Å²) in [4.78, 5) is 4.43. The SMILES string of the molecule is CC(C)CCc1noc(CC2CCCN2)n1. The second-order valence-electron chi connectivity index (χ2n) is 5.03. The van der Waals surface area contributed by atoms with Gasteiger partial charge in [-0.15, -0.1) is 0 Å². The Balaban J connectivity index is 1.81. The summed E-state index contributed by atoms with van der Waals surface area (Å²) in [5, 5.41) is 7.45. The molecule has 2 rings (SSSR count). The van der Waals surface area contributed by atoms with Gasteiger partial charge in [0.25, 0.3) is 0 Å². The molecule has 4 heteroatoms. The molecule has 1 atom stereocenters. The van der Waals surface area contributed by atoms with E-state index in [-0.39, 0.29) is 0 Å². The van der Waals surface area contributed by atoms with Crippen LogP contribution >= 0.6 is 0 Å². The predicted molar refractivity (Wildman–Crippen MR) is 62.2 cm³/mol. The van der Waals surface area contributed by atoms with Crippen LogP contribution in [0.1, 0.15) is 44.8 Å². The van der Waals surface area contributed by atoms with Crippen molar-refractivity contribution in [3.05, 3.63) is 11.7 Å². The molecular formula is C12H21N3O. The molecule has 0 spiro atoms. The molecular weight excluding hydrogens is 202 g/mol. The van der Waals surface area contributed by atoms with Gasteiger partial charge in [-0.1, -0.05) is 19.0 Å². The van der Waals surface area contributed by atoms with Gasteiger partial charge in [-0.2, -0.15) is 4.98 Å². The van der Waals surface area contributed by atoms with Crippen LogP contribution in [0.3, 0.4) is 0 Å². The van der Waals surface area contributed by atoms with E-state index in [0.29, 0.717) is 12.0 Å². The molecule has 0 saturated carbocycles. The highest BCUT2D eigenvalue weighted by Gasteiger charge is 2.17. The van der Waals surface area contributed by atoms with E-state index in [1.165, 1.54) is 12.8 Å². The minimum atomic E-state index is 0.540. The van der Waals surface area contributed by atoms with Crippen molar-refractivity contribution >= 4 is 0 Å². The highest BCUT2D eigenvalue weighted by molar-refractivity contribution is 4.91. The van der Waals surface area contributed by atoms with Crippen LogP contribution in [0.5, 0.6) is 0 Å². The van der Waals surface area contributed by atoms with Crippen molar-refractivity contribution in [1.29, 1.82) is 0 Å². The Kier molecular flexibility index (Phi) is 3.93. The summed E-state index contributed by atoms with van der Waals surface area (Å²) in [7, 11) is 0. The van der Waals surface area contributed by atoms with E-state index in [1.54, 1.807) is 0 Å². The minimum Gasteiger partial charge on any atom is -0.339 e. The van der Waals surface area contributed by atoms with E-state index in [4.69, 9.17) is 4.52 Å². The van der Waals surface area contributed by atoms with Gasteiger partial charge >= 0.3 is 0 Å². The van der Waals surface area contributed by atoms with E-state index >= 15 is 0 Å². The molecule has 0 aliphatic carbocycles. The zero-order valence-corrected chi connectivity index (χ0v) is 10.2. The summed E-state index contributed by atoms with van der Waals surface area (Å²) in [5.74, 6) is 2.35. The Labute approximate surface area is 96.8 Å². The number of nitrogens with one attached hydrogen (secondary N) is 1. The zero-order chi connectivity index (χ0) is 11.4. The van der Waals surface area contributed by atoms with Crippen molar-refractivity contribution in [2.45, 2.75) is 52.0 Å². The maximum atomic E-state index is 5.26. The van der Waals surface area contributed by atoms with Crippen LogP contribution in [-0.2, 0) is 12.8 Å². The zero-order valence-electron chi connectivity index (χ0n) is 10.2. The first-order chi connectivity index (χ1) is 7.74. The van der Waals surface area contributed by atoms with Crippen molar-refractivity contribution in [3.8, 4) is 0 Å². The first kappa shape index (κ1) is 11.6. The molecule has 4 nitrogen and oxygen atoms in total. The Morgan fingerprint density at radius 3 is 3.06 bits per heavy atom. The number of hydrogen-bond donors (Lipinski definition) is 1. The van der Waals surface area contributed by atoms with Crippen molar-refractivity contribution in [2.75, 3.05) is 6.54 Å². The van der Waals surface area contributed by atoms with Crippen molar-refractivity contribution in [2.24, 2.45) is 5.92 Å². The lowest BCUT2D eigenvalue weighted by Gasteiger charge is -2.04. The average molecular weight is 223 g/mol. The van der Waals surface area contributed by atoms with Gasteiger partial charge in [0.2, 0.25) is 5.89 Å². The normalized spacial score (nSPS) is 20.8. The molecule has 1 fully saturated rings. The number of hydrogen-bond acceptors (Lipinski definition) is 4. The van der Waals surface area contributed by atoms with Gasteiger partial charge in [-0.3, -0.25) is 0 Å². The van der Waals surface area contributed by atoms with Gasteiger partial charge < -0.3 is 9.84 Å². The van der Waals surface area contributed by atoms with Gasteiger partial charge in [0.05, 0.1) is 0 Å². The molecule has 1 aliphatic heterocycles. The monoisotopic (exact) mass is 223 g/mol. The van der Waals surface area contributed by atoms with E-state index in [1.807, 2.05) is 0 Å². The molecule has 0 radical (unpaired) electrons. The van der Waals surface area contributed by atoms with Crippen molar-refractivity contribution in [3.63, 3.8) is 0 Å². The Morgan fingerprint density at radius 1 is 1.50 bits per heavy atom. The summed E-state index contributed by atoms with van der Waals surface area (Å²) >= 11 is 0. The quantitative estimate of drug-likeness (QED) is 0.829. The Morgan fingerprint density at radius 2 is 2.38 bits per heavy atom. The highest BCUT2D eigenvalue weighted by Crippen LogP contribution is 2.12. The molecule has 2 heterocycles.